The molecule has 0 spiro atoms. The van der Waals surface area contributed by atoms with Crippen molar-refractivity contribution in [1.29, 1.82) is 0 Å². The second-order valence-corrected chi connectivity index (χ2v) is 6.47. The molecule has 0 saturated heterocycles. The molecule has 1 aliphatic heterocycles. The van der Waals surface area contributed by atoms with Gasteiger partial charge >= 0.3 is 5.97 Å². The van der Waals surface area contributed by atoms with Gasteiger partial charge in [-0.1, -0.05) is 36.4 Å². The van der Waals surface area contributed by atoms with Gasteiger partial charge < -0.3 is 14.4 Å². The van der Waals surface area contributed by atoms with Crippen LogP contribution in [0.4, 0.5) is 0 Å². The van der Waals surface area contributed by atoms with Crippen molar-refractivity contribution in [2.75, 3.05) is 20.3 Å². The largest absolute Gasteiger partial charge is 0.493 e. The van der Waals surface area contributed by atoms with Gasteiger partial charge in [0.1, 0.15) is 12.3 Å². The molecule has 3 rings (SSSR count). The number of hydrogen-bond acceptors (Lipinski definition) is 4. The number of nitrogens with zero attached hydrogens (tertiary/aromatic N) is 1. The van der Waals surface area contributed by atoms with Crippen molar-refractivity contribution in [3.8, 4) is 5.75 Å². The number of carbonyl (C=O) groups is 2. The molecule has 5 nitrogen and oxygen atoms in total. The summed E-state index contributed by atoms with van der Waals surface area (Å²) in [4.78, 5) is 26.2. The highest BCUT2D eigenvalue weighted by Gasteiger charge is 2.20. The Morgan fingerprint density at radius 3 is 2.77 bits per heavy atom. The Bertz CT molecular complexity index is 815. The lowest BCUT2D eigenvalue weighted by Gasteiger charge is -2.22. The van der Waals surface area contributed by atoms with Gasteiger partial charge in [-0.15, -0.1) is 0 Å². The van der Waals surface area contributed by atoms with Crippen LogP contribution in [0.2, 0.25) is 0 Å². The highest BCUT2D eigenvalue weighted by atomic mass is 16.5. The summed E-state index contributed by atoms with van der Waals surface area (Å²) in [5.41, 5.74) is 4.17. The molecule has 0 aromatic heterocycles. The summed E-state index contributed by atoms with van der Waals surface area (Å²) in [7, 11) is 1.33. The molecule has 1 heterocycles. The maximum atomic E-state index is 12.9. The number of esters is 1. The van der Waals surface area contributed by atoms with Crippen LogP contribution in [0.1, 0.15) is 22.3 Å². The monoisotopic (exact) mass is 353 g/mol. The predicted molar refractivity (Wildman–Crippen MR) is 98.0 cm³/mol. The first-order valence-electron chi connectivity index (χ1n) is 8.70. The Morgan fingerprint density at radius 2 is 2.00 bits per heavy atom. The number of rotatable bonds is 6. The summed E-state index contributed by atoms with van der Waals surface area (Å²) >= 11 is 0. The molecular formula is C21H23NO4. The third kappa shape index (κ3) is 4.23. The van der Waals surface area contributed by atoms with Crippen molar-refractivity contribution in [3.05, 3.63) is 64.7 Å². The van der Waals surface area contributed by atoms with E-state index in [0.29, 0.717) is 13.2 Å². The molecule has 26 heavy (non-hydrogen) atoms. The minimum atomic E-state index is -0.422. The molecule has 2 aromatic rings. The SMILES string of the molecule is COC(=O)CN(Cc1ccccc1C)C(=O)Cc1ccc2c(c1)CCO2. The molecule has 0 saturated carbocycles. The van der Waals surface area contributed by atoms with E-state index in [1.165, 1.54) is 7.11 Å². The number of fused-ring (bicyclic) bond motifs is 1. The van der Waals surface area contributed by atoms with Crippen LogP contribution in [-0.2, 0) is 33.7 Å². The van der Waals surface area contributed by atoms with E-state index in [4.69, 9.17) is 9.47 Å². The minimum Gasteiger partial charge on any atom is -0.493 e. The molecule has 0 unspecified atom stereocenters. The van der Waals surface area contributed by atoms with Crippen LogP contribution in [0.5, 0.6) is 5.75 Å². The molecule has 5 heteroatoms. The lowest BCUT2D eigenvalue weighted by Crippen LogP contribution is -2.37. The van der Waals surface area contributed by atoms with E-state index in [-0.39, 0.29) is 18.9 Å². The van der Waals surface area contributed by atoms with E-state index in [0.717, 1.165) is 34.4 Å². The Labute approximate surface area is 153 Å². The maximum Gasteiger partial charge on any atom is 0.325 e. The third-order valence-corrected chi connectivity index (χ3v) is 4.63. The predicted octanol–water partition coefficient (Wildman–Crippen LogP) is 2.67. The third-order valence-electron chi connectivity index (χ3n) is 4.63. The highest BCUT2D eigenvalue weighted by Crippen LogP contribution is 2.26. The number of hydrogen-bond donors (Lipinski definition) is 0. The lowest BCUT2D eigenvalue weighted by molar-refractivity contribution is -0.147. The van der Waals surface area contributed by atoms with Gasteiger partial charge in [0, 0.05) is 13.0 Å². The number of amides is 1. The molecule has 1 aliphatic rings. The summed E-state index contributed by atoms with van der Waals surface area (Å²) in [6.07, 6.45) is 1.11. The molecule has 0 N–H and O–H groups in total. The van der Waals surface area contributed by atoms with E-state index in [2.05, 4.69) is 0 Å². The van der Waals surface area contributed by atoms with Crippen LogP contribution in [0.15, 0.2) is 42.5 Å². The van der Waals surface area contributed by atoms with E-state index in [1.54, 1.807) is 4.90 Å². The molecule has 0 bridgehead atoms. The first-order chi connectivity index (χ1) is 12.6. The molecule has 0 atom stereocenters. The van der Waals surface area contributed by atoms with Crippen molar-refractivity contribution in [2.24, 2.45) is 0 Å². The van der Waals surface area contributed by atoms with Crippen LogP contribution in [0.3, 0.4) is 0 Å². The van der Waals surface area contributed by atoms with Gasteiger partial charge in [0.2, 0.25) is 5.91 Å². The van der Waals surface area contributed by atoms with Crippen LogP contribution in [-0.4, -0.2) is 37.0 Å². The first-order valence-corrected chi connectivity index (χ1v) is 8.70. The van der Waals surface area contributed by atoms with E-state index < -0.39 is 5.97 Å². The van der Waals surface area contributed by atoms with Crippen molar-refractivity contribution >= 4 is 11.9 Å². The van der Waals surface area contributed by atoms with Gasteiger partial charge in [-0.2, -0.15) is 0 Å². The quantitative estimate of drug-likeness (QED) is 0.749. The Morgan fingerprint density at radius 1 is 1.19 bits per heavy atom. The molecule has 2 aromatic carbocycles. The maximum absolute atomic E-state index is 12.9. The molecule has 0 fully saturated rings. The zero-order chi connectivity index (χ0) is 18.5. The van der Waals surface area contributed by atoms with Crippen LogP contribution in [0.25, 0.3) is 0 Å². The van der Waals surface area contributed by atoms with Crippen LogP contribution in [0, 0.1) is 6.92 Å². The van der Waals surface area contributed by atoms with Crippen LogP contribution >= 0.6 is 0 Å². The number of benzene rings is 2. The van der Waals surface area contributed by atoms with E-state index in [9.17, 15) is 9.59 Å². The zero-order valence-corrected chi connectivity index (χ0v) is 15.2. The zero-order valence-electron chi connectivity index (χ0n) is 15.2. The van der Waals surface area contributed by atoms with E-state index >= 15 is 0 Å². The molecule has 0 aliphatic carbocycles. The fraction of sp³-hybridized carbons (Fsp3) is 0.333. The van der Waals surface area contributed by atoms with Crippen molar-refractivity contribution in [3.63, 3.8) is 0 Å². The van der Waals surface area contributed by atoms with Gasteiger partial charge in [0.05, 0.1) is 20.1 Å². The summed E-state index contributed by atoms with van der Waals surface area (Å²) in [6.45, 7) is 3.01. The summed E-state index contributed by atoms with van der Waals surface area (Å²) < 4.78 is 10.3. The molecule has 0 radical (unpaired) electrons. The summed E-state index contributed by atoms with van der Waals surface area (Å²) in [6, 6.07) is 13.7. The number of carbonyl (C=O) groups excluding carboxylic acids is 2. The fourth-order valence-electron chi connectivity index (χ4n) is 3.08. The van der Waals surface area contributed by atoms with Gasteiger partial charge in [0.15, 0.2) is 0 Å². The molecule has 1 amide bonds. The van der Waals surface area contributed by atoms with Gasteiger partial charge in [-0.05, 0) is 35.2 Å². The second kappa shape index (κ2) is 8.04. The van der Waals surface area contributed by atoms with Crippen molar-refractivity contribution < 1.29 is 19.1 Å². The van der Waals surface area contributed by atoms with Gasteiger partial charge in [-0.25, -0.2) is 0 Å². The Hall–Kier alpha value is -2.82. The summed E-state index contributed by atoms with van der Waals surface area (Å²) in [5.74, 6) is 0.374. The number of ether oxygens (including phenoxy) is 2. The van der Waals surface area contributed by atoms with Crippen molar-refractivity contribution in [2.45, 2.75) is 26.3 Å². The summed E-state index contributed by atoms with van der Waals surface area (Å²) in [5, 5.41) is 0. The Balaban J connectivity index is 1.75. The molecular weight excluding hydrogens is 330 g/mol. The standard InChI is InChI=1S/C21H23NO4/c1-15-5-3-4-6-18(15)13-22(14-21(24)25-2)20(23)12-16-7-8-19-17(11-16)9-10-26-19/h3-8,11H,9-10,12-14H2,1-2H3. The molecule has 136 valence electrons. The number of aryl methyl sites for hydroxylation is 1. The minimum absolute atomic E-state index is 0.0578. The second-order valence-electron chi connectivity index (χ2n) is 6.47. The lowest BCUT2D eigenvalue weighted by atomic mass is 10.0. The highest BCUT2D eigenvalue weighted by molar-refractivity contribution is 5.83. The van der Waals surface area contributed by atoms with Crippen LogP contribution < -0.4 is 4.74 Å². The average molecular weight is 353 g/mol. The van der Waals surface area contributed by atoms with E-state index in [1.807, 2.05) is 49.4 Å². The van der Waals surface area contributed by atoms with Gasteiger partial charge in [-0.3, -0.25) is 9.59 Å². The number of methoxy groups -OCH3 is 1. The van der Waals surface area contributed by atoms with Gasteiger partial charge in [0.25, 0.3) is 0 Å². The topological polar surface area (TPSA) is 55.8 Å². The normalized spacial score (nSPS) is 12.2. The average Bonchev–Trinajstić information content (AvgIpc) is 3.10. The first kappa shape index (κ1) is 18.0. The smallest absolute Gasteiger partial charge is 0.325 e. The van der Waals surface area contributed by atoms with Crippen molar-refractivity contribution in [1.82, 2.24) is 4.90 Å². The Kier molecular flexibility index (Phi) is 5.56. The fourth-order valence-corrected chi connectivity index (χ4v) is 3.08.